The van der Waals surface area contributed by atoms with Crippen LogP contribution < -0.4 is 10.2 Å². The molecular weight excluding hydrogens is 341 g/mol. The van der Waals surface area contributed by atoms with Crippen LogP contribution in [0.5, 0.6) is 0 Å². The van der Waals surface area contributed by atoms with Gasteiger partial charge in [-0.15, -0.1) is 0 Å². The molecule has 132 valence electrons. The molecule has 1 fully saturated rings. The molecule has 1 aliphatic rings. The fourth-order valence-electron chi connectivity index (χ4n) is 2.96. The highest BCUT2D eigenvalue weighted by atomic mass is 35.5. The number of anilines is 1. The maximum atomic E-state index is 13.0. The molecule has 2 heterocycles. The molecule has 1 aliphatic heterocycles. The van der Waals surface area contributed by atoms with Gasteiger partial charge in [0.25, 0.3) is 5.91 Å². The van der Waals surface area contributed by atoms with Crippen LogP contribution >= 0.6 is 11.6 Å². The molecular formula is C19H21ClFN3O. The first-order valence-electron chi connectivity index (χ1n) is 8.56. The van der Waals surface area contributed by atoms with Gasteiger partial charge in [0.2, 0.25) is 0 Å². The number of hydrogen-bond acceptors (Lipinski definition) is 3. The van der Waals surface area contributed by atoms with E-state index in [1.165, 1.54) is 37.8 Å². The van der Waals surface area contributed by atoms with Crippen LogP contribution in [0, 0.1) is 5.82 Å². The van der Waals surface area contributed by atoms with Crippen molar-refractivity contribution in [1.29, 1.82) is 0 Å². The number of aromatic nitrogens is 1. The largest absolute Gasteiger partial charge is 0.357 e. The lowest BCUT2D eigenvalue weighted by molar-refractivity contribution is 0.0951. The SMILES string of the molecule is O=C(NCc1ccc(N2CCCCCC2)nc1)c1ccc(F)cc1Cl. The predicted molar refractivity (Wildman–Crippen MR) is 97.5 cm³/mol. The normalized spacial score (nSPS) is 14.9. The molecule has 1 amide bonds. The van der Waals surface area contributed by atoms with E-state index in [9.17, 15) is 9.18 Å². The standard InChI is InChI=1S/C19H21ClFN3O/c20-17-11-15(21)6-7-16(17)19(25)23-13-14-5-8-18(22-12-14)24-9-3-1-2-4-10-24/h5-8,11-12H,1-4,9-10,13H2,(H,23,25). The average Bonchev–Trinajstić information content (AvgIpc) is 2.89. The summed E-state index contributed by atoms with van der Waals surface area (Å²) in [7, 11) is 0. The number of pyridine rings is 1. The highest BCUT2D eigenvalue weighted by Crippen LogP contribution is 2.19. The van der Waals surface area contributed by atoms with Gasteiger partial charge in [-0.05, 0) is 42.7 Å². The lowest BCUT2D eigenvalue weighted by Gasteiger charge is -2.21. The van der Waals surface area contributed by atoms with Crippen molar-refractivity contribution in [2.75, 3.05) is 18.0 Å². The van der Waals surface area contributed by atoms with E-state index in [1.807, 2.05) is 12.1 Å². The molecule has 0 aliphatic carbocycles. The van der Waals surface area contributed by atoms with E-state index in [0.717, 1.165) is 30.5 Å². The molecule has 0 atom stereocenters. The maximum absolute atomic E-state index is 13.0. The second-order valence-corrected chi connectivity index (χ2v) is 6.64. The summed E-state index contributed by atoms with van der Waals surface area (Å²) in [6.07, 6.45) is 6.77. The summed E-state index contributed by atoms with van der Waals surface area (Å²) in [6.45, 7) is 2.44. The van der Waals surface area contributed by atoms with Gasteiger partial charge in [-0.3, -0.25) is 4.79 Å². The van der Waals surface area contributed by atoms with Gasteiger partial charge in [0.15, 0.2) is 0 Å². The number of carbonyl (C=O) groups is 1. The molecule has 3 rings (SSSR count). The molecule has 6 heteroatoms. The topological polar surface area (TPSA) is 45.2 Å². The summed E-state index contributed by atoms with van der Waals surface area (Å²) in [4.78, 5) is 19.0. The smallest absolute Gasteiger partial charge is 0.253 e. The van der Waals surface area contributed by atoms with Crippen LogP contribution in [0.3, 0.4) is 0 Å². The summed E-state index contributed by atoms with van der Waals surface area (Å²) in [5.41, 5.74) is 1.17. The van der Waals surface area contributed by atoms with Crippen LogP contribution in [0.25, 0.3) is 0 Å². The molecule has 0 unspecified atom stereocenters. The minimum atomic E-state index is -0.463. The molecule has 25 heavy (non-hydrogen) atoms. The Labute approximate surface area is 152 Å². The van der Waals surface area contributed by atoms with Crippen molar-refractivity contribution in [3.63, 3.8) is 0 Å². The Hall–Kier alpha value is -2.14. The highest BCUT2D eigenvalue weighted by Gasteiger charge is 2.12. The third-order valence-electron chi connectivity index (χ3n) is 4.37. The molecule has 1 N–H and O–H groups in total. The highest BCUT2D eigenvalue weighted by molar-refractivity contribution is 6.33. The molecule has 1 aromatic heterocycles. The number of halogens is 2. The predicted octanol–water partition coefficient (Wildman–Crippen LogP) is 4.18. The summed E-state index contributed by atoms with van der Waals surface area (Å²) in [5.74, 6) is 0.190. The molecule has 1 saturated heterocycles. The molecule has 4 nitrogen and oxygen atoms in total. The zero-order valence-corrected chi connectivity index (χ0v) is 14.7. The van der Waals surface area contributed by atoms with E-state index in [2.05, 4.69) is 15.2 Å². The van der Waals surface area contributed by atoms with Gasteiger partial charge in [-0.25, -0.2) is 9.37 Å². The van der Waals surface area contributed by atoms with Gasteiger partial charge >= 0.3 is 0 Å². The Morgan fingerprint density at radius 1 is 1.16 bits per heavy atom. The molecule has 1 aromatic carbocycles. The third kappa shape index (κ3) is 4.69. The van der Waals surface area contributed by atoms with Crippen LogP contribution in [-0.4, -0.2) is 24.0 Å². The number of amides is 1. The molecule has 2 aromatic rings. The lowest BCUT2D eigenvalue weighted by Crippen LogP contribution is -2.25. The van der Waals surface area contributed by atoms with Crippen LogP contribution in [0.15, 0.2) is 36.5 Å². The van der Waals surface area contributed by atoms with Crippen molar-refractivity contribution in [3.8, 4) is 0 Å². The number of nitrogens with zero attached hydrogens (tertiary/aromatic N) is 2. The average molecular weight is 362 g/mol. The van der Waals surface area contributed by atoms with Crippen LogP contribution in [0.2, 0.25) is 5.02 Å². The molecule has 0 spiro atoms. The van der Waals surface area contributed by atoms with Crippen molar-refractivity contribution < 1.29 is 9.18 Å². The van der Waals surface area contributed by atoms with Crippen molar-refractivity contribution in [3.05, 3.63) is 58.5 Å². The Bertz CT molecular complexity index is 728. The second kappa shape index (κ2) is 8.30. The Balaban J connectivity index is 1.58. The van der Waals surface area contributed by atoms with Gasteiger partial charge in [-0.2, -0.15) is 0 Å². The van der Waals surface area contributed by atoms with Gasteiger partial charge < -0.3 is 10.2 Å². The minimum Gasteiger partial charge on any atom is -0.357 e. The van der Waals surface area contributed by atoms with E-state index >= 15 is 0 Å². The zero-order chi connectivity index (χ0) is 17.6. The molecule has 0 radical (unpaired) electrons. The molecule has 0 saturated carbocycles. The number of benzene rings is 1. The third-order valence-corrected chi connectivity index (χ3v) is 4.68. The van der Waals surface area contributed by atoms with Crippen molar-refractivity contribution in [1.82, 2.24) is 10.3 Å². The zero-order valence-electron chi connectivity index (χ0n) is 14.0. The number of rotatable bonds is 4. The first-order valence-corrected chi connectivity index (χ1v) is 8.94. The summed E-state index contributed by atoms with van der Waals surface area (Å²) >= 11 is 5.91. The van der Waals surface area contributed by atoms with Crippen LogP contribution in [0.4, 0.5) is 10.2 Å². The maximum Gasteiger partial charge on any atom is 0.253 e. The Morgan fingerprint density at radius 3 is 2.56 bits per heavy atom. The summed E-state index contributed by atoms with van der Waals surface area (Å²) in [6, 6.07) is 7.71. The first-order chi connectivity index (χ1) is 12.1. The second-order valence-electron chi connectivity index (χ2n) is 6.23. The van der Waals surface area contributed by atoms with Crippen LogP contribution in [-0.2, 0) is 6.54 Å². The Kier molecular flexibility index (Phi) is 5.87. The van der Waals surface area contributed by atoms with E-state index < -0.39 is 5.82 Å². The summed E-state index contributed by atoms with van der Waals surface area (Å²) < 4.78 is 13.0. The first kappa shape index (κ1) is 17.7. The summed E-state index contributed by atoms with van der Waals surface area (Å²) in [5, 5.41) is 2.89. The Morgan fingerprint density at radius 2 is 1.92 bits per heavy atom. The number of hydrogen-bond donors (Lipinski definition) is 1. The van der Waals surface area contributed by atoms with Crippen molar-refractivity contribution >= 4 is 23.3 Å². The van der Waals surface area contributed by atoms with Crippen molar-refractivity contribution in [2.45, 2.75) is 32.2 Å². The van der Waals surface area contributed by atoms with Gasteiger partial charge in [-0.1, -0.05) is 30.5 Å². The number of nitrogens with one attached hydrogen (secondary N) is 1. The fourth-order valence-corrected chi connectivity index (χ4v) is 3.21. The van der Waals surface area contributed by atoms with Gasteiger partial charge in [0.1, 0.15) is 11.6 Å². The monoisotopic (exact) mass is 361 g/mol. The fraction of sp³-hybridized carbons (Fsp3) is 0.368. The van der Waals surface area contributed by atoms with E-state index in [4.69, 9.17) is 11.6 Å². The van der Waals surface area contributed by atoms with Gasteiger partial charge in [0.05, 0.1) is 10.6 Å². The van der Waals surface area contributed by atoms with E-state index in [-0.39, 0.29) is 16.5 Å². The minimum absolute atomic E-state index is 0.104. The van der Waals surface area contributed by atoms with E-state index in [1.54, 1.807) is 6.20 Å². The van der Waals surface area contributed by atoms with Gasteiger partial charge in [0, 0.05) is 25.8 Å². The van der Waals surface area contributed by atoms with Crippen molar-refractivity contribution in [2.24, 2.45) is 0 Å². The number of carbonyl (C=O) groups excluding carboxylic acids is 1. The molecule has 0 bridgehead atoms. The quantitative estimate of drug-likeness (QED) is 0.888. The van der Waals surface area contributed by atoms with E-state index in [0.29, 0.717) is 6.54 Å². The van der Waals surface area contributed by atoms with Crippen LogP contribution in [0.1, 0.15) is 41.6 Å². The lowest BCUT2D eigenvalue weighted by atomic mass is 10.2.